The van der Waals surface area contributed by atoms with Gasteiger partial charge in [-0.05, 0) is 57.0 Å². The second kappa shape index (κ2) is 8.49. The Bertz CT molecular complexity index is 1190. The second-order valence-electron chi connectivity index (χ2n) is 7.21. The van der Waals surface area contributed by atoms with Gasteiger partial charge in [-0.3, -0.25) is 4.72 Å². The summed E-state index contributed by atoms with van der Waals surface area (Å²) in [6.45, 7) is 7.51. The maximum Gasteiger partial charge on any atom is 0.342 e. The average Bonchev–Trinajstić information content (AvgIpc) is 2.95. The molecular weight excluding hydrogens is 406 g/mol. The van der Waals surface area contributed by atoms with Crippen molar-refractivity contribution in [1.29, 1.82) is 0 Å². The third kappa shape index (κ3) is 4.34. The molecule has 0 aliphatic carbocycles. The molecule has 0 atom stereocenters. The molecule has 160 valence electrons. The molecule has 2 aromatic carbocycles. The molecule has 0 saturated carbocycles. The Kier molecular flexibility index (Phi) is 6.19. The lowest BCUT2D eigenvalue weighted by molar-refractivity contribution is 0.0388. The molecule has 0 saturated heterocycles. The predicted molar refractivity (Wildman–Crippen MR) is 115 cm³/mol. The maximum absolute atomic E-state index is 13.0. The highest BCUT2D eigenvalue weighted by molar-refractivity contribution is 7.92. The van der Waals surface area contributed by atoms with Gasteiger partial charge in [0.1, 0.15) is 23.5 Å². The number of aryl methyl sites for hydroxylation is 4. The molecule has 0 spiro atoms. The zero-order valence-corrected chi connectivity index (χ0v) is 18.5. The summed E-state index contributed by atoms with van der Waals surface area (Å²) in [5, 5.41) is 0.479. The van der Waals surface area contributed by atoms with Crippen molar-refractivity contribution in [2.24, 2.45) is 0 Å². The smallest absolute Gasteiger partial charge is 0.342 e. The van der Waals surface area contributed by atoms with E-state index < -0.39 is 16.0 Å². The first-order valence-corrected chi connectivity index (χ1v) is 10.9. The van der Waals surface area contributed by atoms with Crippen molar-refractivity contribution in [3.8, 4) is 0 Å². The predicted octanol–water partition coefficient (Wildman–Crippen LogP) is 4.27. The Morgan fingerprint density at radius 3 is 2.33 bits per heavy atom. The van der Waals surface area contributed by atoms with E-state index in [1.807, 2.05) is 19.1 Å². The summed E-state index contributed by atoms with van der Waals surface area (Å²) in [6.07, 6.45) is 0. The van der Waals surface area contributed by atoms with E-state index in [0.717, 1.165) is 5.56 Å². The number of hydrogen-bond acceptors (Lipinski definition) is 6. The number of benzene rings is 2. The van der Waals surface area contributed by atoms with Crippen molar-refractivity contribution in [2.45, 2.75) is 32.6 Å². The van der Waals surface area contributed by atoms with E-state index in [0.29, 0.717) is 33.5 Å². The summed E-state index contributed by atoms with van der Waals surface area (Å²) < 4.78 is 44.4. The zero-order chi connectivity index (χ0) is 22.1. The first kappa shape index (κ1) is 21.9. The van der Waals surface area contributed by atoms with Gasteiger partial charge >= 0.3 is 5.97 Å². The summed E-state index contributed by atoms with van der Waals surface area (Å²) in [5.74, 6) is -0.147. The topological polar surface area (TPSA) is 94.8 Å². The van der Waals surface area contributed by atoms with Crippen molar-refractivity contribution in [3.63, 3.8) is 0 Å². The molecule has 0 fully saturated rings. The average molecular weight is 432 g/mol. The number of hydrogen-bond donors (Lipinski definition) is 1. The number of ether oxygens (including phenoxy) is 2. The van der Waals surface area contributed by atoms with Crippen molar-refractivity contribution in [3.05, 3.63) is 58.3 Å². The molecule has 1 aromatic heterocycles. The number of sulfonamides is 1. The Hall–Kier alpha value is -2.84. The minimum atomic E-state index is -3.82. The van der Waals surface area contributed by atoms with Gasteiger partial charge in [-0.25, -0.2) is 13.2 Å². The Morgan fingerprint density at radius 1 is 1.03 bits per heavy atom. The van der Waals surface area contributed by atoms with Crippen LogP contribution in [0, 0.1) is 27.7 Å². The normalized spacial score (nSPS) is 11.6. The van der Waals surface area contributed by atoms with Gasteiger partial charge in [-0.15, -0.1) is 0 Å². The fraction of sp³-hybridized carbons (Fsp3) is 0.318. The summed E-state index contributed by atoms with van der Waals surface area (Å²) >= 11 is 0. The minimum absolute atomic E-state index is 0.111. The first-order chi connectivity index (χ1) is 14.1. The molecule has 3 rings (SSSR count). The SMILES string of the molecule is COCCOC(=O)c1c(C)oc2ccc(NS(=O)(=O)c3c(C)cc(C)cc3C)cc12. The molecular formula is C22H25NO6S. The lowest BCUT2D eigenvalue weighted by Crippen LogP contribution is -2.16. The van der Waals surface area contributed by atoms with Crippen LogP contribution in [0.4, 0.5) is 5.69 Å². The number of rotatable bonds is 7. The molecule has 1 heterocycles. The quantitative estimate of drug-likeness (QED) is 0.443. The van der Waals surface area contributed by atoms with Gasteiger partial charge in [-0.2, -0.15) is 0 Å². The van der Waals surface area contributed by atoms with E-state index in [9.17, 15) is 13.2 Å². The number of carbonyl (C=O) groups excluding carboxylic acids is 1. The molecule has 1 N–H and O–H groups in total. The minimum Gasteiger partial charge on any atom is -0.460 e. The second-order valence-corrected chi connectivity index (χ2v) is 8.83. The van der Waals surface area contributed by atoms with Gasteiger partial charge in [0.25, 0.3) is 10.0 Å². The van der Waals surface area contributed by atoms with Gasteiger partial charge in [0, 0.05) is 18.2 Å². The van der Waals surface area contributed by atoms with Crippen LogP contribution in [0.15, 0.2) is 39.6 Å². The number of fused-ring (bicyclic) bond motifs is 1. The summed E-state index contributed by atoms with van der Waals surface area (Å²) in [5.41, 5.74) is 3.40. The van der Waals surface area contributed by atoms with Crippen LogP contribution in [-0.2, 0) is 19.5 Å². The molecule has 0 aliphatic rings. The van der Waals surface area contributed by atoms with Crippen LogP contribution in [0.1, 0.15) is 32.8 Å². The molecule has 8 heteroatoms. The highest BCUT2D eigenvalue weighted by Gasteiger charge is 2.23. The van der Waals surface area contributed by atoms with Crippen LogP contribution in [-0.4, -0.2) is 34.7 Å². The number of esters is 1. The lowest BCUT2D eigenvalue weighted by Gasteiger charge is -2.14. The van der Waals surface area contributed by atoms with E-state index in [1.165, 1.54) is 7.11 Å². The molecule has 0 bridgehead atoms. The van der Waals surface area contributed by atoms with Crippen LogP contribution in [0.3, 0.4) is 0 Å². The monoisotopic (exact) mass is 431 g/mol. The van der Waals surface area contributed by atoms with Crippen LogP contribution >= 0.6 is 0 Å². The summed E-state index contributed by atoms with van der Waals surface area (Å²) in [6, 6.07) is 8.47. The Balaban J connectivity index is 1.98. The van der Waals surface area contributed by atoms with Crippen LogP contribution < -0.4 is 4.72 Å². The third-order valence-electron chi connectivity index (χ3n) is 4.71. The number of nitrogens with one attached hydrogen (secondary N) is 1. The lowest BCUT2D eigenvalue weighted by atomic mass is 10.1. The fourth-order valence-corrected chi connectivity index (χ4v) is 5.13. The van der Waals surface area contributed by atoms with Gasteiger partial charge in [0.05, 0.1) is 11.5 Å². The van der Waals surface area contributed by atoms with Gasteiger partial charge < -0.3 is 13.9 Å². The standard InChI is InChI=1S/C22H25NO6S/c1-13-10-14(2)21(15(3)11-13)30(25,26)23-17-6-7-19-18(12-17)20(16(4)29-19)22(24)28-9-8-27-5/h6-7,10-12,23H,8-9H2,1-5H3. The Morgan fingerprint density at radius 2 is 1.70 bits per heavy atom. The number of furan rings is 1. The fourth-order valence-electron chi connectivity index (χ4n) is 3.62. The van der Waals surface area contributed by atoms with Crippen molar-refractivity contribution < 1.29 is 27.1 Å². The van der Waals surface area contributed by atoms with Gasteiger partial charge in [-0.1, -0.05) is 17.7 Å². The molecule has 7 nitrogen and oxygen atoms in total. The number of anilines is 1. The molecule has 3 aromatic rings. The van der Waals surface area contributed by atoms with Crippen LogP contribution in [0.25, 0.3) is 11.0 Å². The van der Waals surface area contributed by atoms with Crippen LogP contribution in [0.5, 0.6) is 0 Å². The zero-order valence-electron chi connectivity index (χ0n) is 17.7. The van der Waals surface area contributed by atoms with Crippen molar-refractivity contribution in [1.82, 2.24) is 0 Å². The van der Waals surface area contributed by atoms with E-state index in [-0.39, 0.29) is 23.7 Å². The first-order valence-electron chi connectivity index (χ1n) is 9.44. The van der Waals surface area contributed by atoms with E-state index in [4.69, 9.17) is 13.9 Å². The van der Waals surface area contributed by atoms with E-state index >= 15 is 0 Å². The van der Waals surface area contributed by atoms with Crippen molar-refractivity contribution in [2.75, 3.05) is 25.0 Å². The molecule has 30 heavy (non-hydrogen) atoms. The molecule has 0 radical (unpaired) electrons. The Labute approximate surface area is 176 Å². The van der Waals surface area contributed by atoms with Gasteiger partial charge in [0.2, 0.25) is 0 Å². The molecule has 0 unspecified atom stereocenters. The van der Waals surface area contributed by atoms with Crippen molar-refractivity contribution >= 4 is 32.6 Å². The number of methoxy groups -OCH3 is 1. The van der Waals surface area contributed by atoms with Crippen LogP contribution in [0.2, 0.25) is 0 Å². The number of carbonyl (C=O) groups is 1. The van der Waals surface area contributed by atoms with E-state index in [1.54, 1.807) is 39.0 Å². The maximum atomic E-state index is 13.0. The molecule has 0 aliphatic heterocycles. The molecule has 0 amide bonds. The highest BCUT2D eigenvalue weighted by Crippen LogP contribution is 2.30. The summed E-state index contributed by atoms with van der Waals surface area (Å²) in [7, 11) is -2.30. The largest absolute Gasteiger partial charge is 0.460 e. The van der Waals surface area contributed by atoms with Gasteiger partial charge in [0.15, 0.2) is 0 Å². The highest BCUT2D eigenvalue weighted by atomic mass is 32.2. The van der Waals surface area contributed by atoms with E-state index in [2.05, 4.69) is 4.72 Å². The summed E-state index contributed by atoms with van der Waals surface area (Å²) in [4.78, 5) is 12.7. The third-order valence-corrected chi connectivity index (χ3v) is 6.40.